The third-order valence-electron chi connectivity index (χ3n) is 4.88. The Labute approximate surface area is 193 Å². The molecule has 3 aromatic rings. The van der Waals surface area contributed by atoms with E-state index in [1.54, 1.807) is 20.8 Å². The molecule has 0 atom stereocenters. The topological polar surface area (TPSA) is 103 Å². The van der Waals surface area contributed by atoms with Crippen molar-refractivity contribution in [2.45, 2.75) is 40.2 Å². The summed E-state index contributed by atoms with van der Waals surface area (Å²) >= 11 is 6.03. The number of benzene rings is 1. The zero-order chi connectivity index (χ0) is 24.5. The zero-order valence-electron chi connectivity index (χ0n) is 18.5. The highest BCUT2D eigenvalue weighted by atomic mass is 35.5. The second kappa shape index (κ2) is 9.11. The first-order valence-electron chi connectivity index (χ1n) is 9.70. The summed E-state index contributed by atoms with van der Waals surface area (Å²) in [7, 11) is 1.43. The van der Waals surface area contributed by atoms with E-state index in [4.69, 9.17) is 21.1 Å². The van der Waals surface area contributed by atoms with Crippen molar-refractivity contribution in [3.8, 4) is 23.4 Å². The Morgan fingerprint density at radius 1 is 1.24 bits per heavy atom. The number of ether oxygens (including phenoxy) is 2. The number of methoxy groups -OCH3 is 1. The second-order valence-electron chi connectivity index (χ2n) is 7.38. The average Bonchev–Trinajstić information content (AvgIpc) is 2.73. The van der Waals surface area contributed by atoms with Crippen LogP contribution in [-0.4, -0.2) is 26.6 Å². The van der Waals surface area contributed by atoms with Gasteiger partial charge in [-0.15, -0.1) is 0 Å². The summed E-state index contributed by atoms with van der Waals surface area (Å²) in [6.45, 7) is 5.49. The Balaban J connectivity index is 2.18. The van der Waals surface area contributed by atoms with Gasteiger partial charge < -0.3 is 9.47 Å². The van der Waals surface area contributed by atoms with E-state index in [1.165, 1.54) is 19.2 Å². The van der Waals surface area contributed by atoms with Crippen molar-refractivity contribution >= 4 is 11.6 Å². The molecule has 0 amide bonds. The molecule has 0 radical (unpaired) electrons. The molecule has 0 unspecified atom stereocenters. The normalized spacial score (nSPS) is 11.2. The zero-order valence-corrected chi connectivity index (χ0v) is 19.3. The number of nitriles is 1. The van der Waals surface area contributed by atoms with Gasteiger partial charge >= 0.3 is 0 Å². The molecule has 0 N–H and O–H groups in total. The molecule has 0 spiro atoms. The molecule has 2 aromatic heterocycles. The van der Waals surface area contributed by atoms with Gasteiger partial charge in [0.25, 0.3) is 11.5 Å². The van der Waals surface area contributed by atoms with E-state index in [0.29, 0.717) is 29.6 Å². The Hall–Kier alpha value is -3.58. The lowest BCUT2D eigenvalue weighted by Crippen LogP contribution is -2.27. The van der Waals surface area contributed by atoms with E-state index in [-0.39, 0.29) is 28.8 Å². The number of alkyl halides is 2. The molecule has 0 bridgehead atoms. The van der Waals surface area contributed by atoms with Crippen LogP contribution in [0.25, 0.3) is 0 Å². The molecule has 0 aliphatic carbocycles. The molecule has 8 nitrogen and oxygen atoms in total. The van der Waals surface area contributed by atoms with Crippen LogP contribution >= 0.6 is 11.6 Å². The molecular weight excluding hydrogens is 456 g/mol. The fraction of sp³-hybridized carbons (Fsp3) is 0.318. The van der Waals surface area contributed by atoms with Crippen molar-refractivity contribution in [1.29, 1.82) is 5.26 Å². The Kier molecular flexibility index (Phi) is 6.65. The third-order valence-corrected chi connectivity index (χ3v) is 5.10. The molecule has 0 saturated heterocycles. The molecule has 33 heavy (non-hydrogen) atoms. The lowest BCUT2D eigenvalue weighted by molar-refractivity contribution is 0.0101. The summed E-state index contributed by atoms with van der Waals surface area (Å²) in [6.07, 6.45) is 1.01. The van der Waals surface area contributed by atoms with Crippen molar-refractivity contribution in [2.24, 2.45) is 0 Å². The predicted molar refractivity (Wildman–Crippen MR) is 116 cm³/mol. The largest absolute Gasteiger partial charge is 0.481 e. The fourth-order valence-corrected chi connectivity index (χ4v) is 3.41. The molecule has 11 heteroatoms. The number of aryl methyl sites for hydroxylation is 2. The lowest BCUT2D eigenvalue weighted by Gasteiger charge is -2.18. The van der Waals surface area contributed by atoms with Crippen molar-refractivity contribution in [1.82, 2.24) is 19.5 Å². The van der Waals surface area contributed by atoms with Crippen LogP contribution in [0.5, 0.6) is 17.4 Å². The monoisotopic (exact) mass is 475 g/mol. The summed E-state index contributed by atoms with van der Waals surface area (Å²) in [4.78, 5) is 25.5. The van der Waals surface area contributed by atoms with Crippen LogP contribution in [-0.2, 0) is 12.5 Å². The van der Waals surface area contributed by atoms with Gasteiger partial charge in [0.1, 0.15) is 11.6 Å². The van der Waals surface area contributed by atoms with Gasteiger partial charge in [-0.1, -0.05) is 11.6 Å². The van der Waals surface area contributed by atoms with Crippen molar-refractivity contribution < 1.29 is 18.3 Å². The molecule has 172 valence electrons. The first kappa shape index (κ1) is 24.1. The van der Waals surface area contributed by atoms with Gasteiger partial charge in [0.2, 0.25) is 11.6 Å². The molecule has 2 heterocycles. The van der Waals surface area contributed by atoms with Gasteiger partial charge in [0.05, 0.1) is 37.2 Å². The van der Waals surface area contributed by atoms with Gasteiger partial charge in [-0.05, 0) is 32.9 Å². The highest BCUT2D eigenvalue weighted by molar-refractivity contribution is 6.30. The van der Waals surface area contributed by atoms with E-state index >= 15 is 0 Å². The van der Waals surface area contributed by atoms with Gasteiger partial charge in [0.15, 0.2) is 5.69 Å². The Bertz CT molecular complexity index is 1330. The molecule has 0 aliphatic rings. The van der Waals surface area contributed by atoms with Crippen LogP contribution in [0.15, 0.2) is 23.3 Å². The van der Waals surface area contributed by atoms with Gasteiger partial charge in [-0.3, -0.25) is 9.36 Å². The van der Waals surface area contributed by atoms with Gasteiger partial charge in [0, 0.05) is 23.2 Å². The molecule has 0 aliphatic heterocycles. The minimum absolute atomic E-state index is 0.00590. The summed E-state index contributed by atoms with van der Waals surface area (Å²) < 4.78 is 40.6. The minimum Gasteiger partial charge on any atom is -0.481 e. The number of hydrogen-bond donors (Lipinski definition) is 0. The summed E-state index contributed by atoms with van der Waals surface area (Å²) in [5.74, 6) is -3.42. The highest BCUT2D eigenvalue weighted by Crippen LogP contribution is 2.35. The number of hydrogen-bond acceptors (Lipinski definition) is 7. The molecule has 3 rings (SSSR count). The fourth-order valence-electron chi connectivity index (χ4n) is 3.20. The Morgan fingerprint density at radius 2 is 1.94 bits per heavy atom. The molecular formula is C22H20ClF2N5O3. The maximum absolute atomic E-state index is 14.3. The van der Waals surface area contributed by atoms with Crippen molar-refractivity contribution in [3.63, 3.8) is 0 Å². The van der Waals surface area contributed by atoms with E-state index < -0.39 is 22.9 Å². The van der Waals surface area contributed by atoms with Crippen molar-refractivity contribution in [3.05, 3.63) is 67.7 Å². The van der Waals surface area contributed by atoms with Crippen LogP contribution in [0.3, 0.4) is 0 Å². The second-order valence-corrected chi connectivity index (χ2v) is 7.81. The first-order valence-corrected chi connectivity index (χ1v) is 10.1. The summed E-state index contributed by atoms with van der Waals surface area (Å²) in [5, 5.41) is 9.44. The van der Waals surface area contributed by atoms with Crippen LogP contribution < -0.4 is 15.0 Å². The number of halogens is 3. The summed E-state index contributed by atoms with van der Waals surface area (Å²) in [5.41, 5.74) is -0.134. The van der Waals surface area contributed by atoms with E-state index in [9.17, 15) is 18.8 Å². The predicted octanol–water partition coefficient (Wildman–Crippen LogP) is 4.44. The standard InChI is InChI=1S/C22H20ClF2N5O3/c1-11-14(8-26)6-15(23)7-17(11)33-18-19(22(4,24)25)27-10-30(21(18)31)9-16-12(2)28-13(3)29-20(16)32-5/h6-7,10H,9H2,1-5H3. The van der Waals surface area contributed by atoms with Crippen molar-refractivity contribution in [2.75, 3.05) is 7.11 Å². The van der Waals surface area contributed by atoms with Gasteiger partial charge in [-0.2, -0.15) is 19.0 Å². The average molecular weight is 476 g/mol. The Morgan fingerprint density at radius 3 is 2.55 bits per heavy atom. The highest BCUT2D eigenvalue weighted by Gasteiger charge is 2.34. The summed E-state index contributed by atoms with van der Waals surface area (Å²) in [6, 6.07) is 4.70. The number of aromatic nitrogens is 4. The molecule has 1 aromatic carbocycles. The maximum atomic E-state index is 14.3. The lowest BCUT2D eigenvalue weighted by atomic mass is 10.1. The first-order chi connectivity index (χ1) is 15.5. The smallest absolute Gasteiger partial charge is 0.297 e. The molecule has 0 fully saturated rings. The SMILES string of the molecule is COc1nc(C)nc(C)c1Cn1cnc(C(C)(F)F)c(Oc2cc(Cl)cc(C#N)c2C)c1=O. The van der Waals surface area contributed by atoms with Crippen LogP contribution in [0.1, 0.15) is 40.8 Å². The number of rotatable bonds is 6. The maximum Gasteiger partial charge on any atom is 0.297 e. The van der Waals surface area contributed by atoms with Crippen LogP contribution in [0, 0.1) is 32.1 Å². The van der Waals surface area contributed by atoms with Crippen LogP contribution in [0.2, 0.25) is 5.02 Å². The third kappa shape index (κ3) is 4.93. The van der Waals surface area contributed by atoms with E-state index in [1.807, 2.05) is 6.07 Å². The number of nitrogens with zero attached hydrogens (tertiary/aromatic N) is 5. The van der Waals surface area contributed by atoms with E-state index in [0.717, 1.165) is 10.9 Å². The van der Waals surface area contributed by atoms with Gasteiger partial charge in [-0.25, -0.2) is 9.97 Å². The minimum atomic E-state index is -3.47. The van der Waals surface area contributed by atoms with Crippen LogP contribution in [0.4, 0.5) is 8.78 Å². The quantitative estimate of drug-likeness (QED) is 0.519. The molecule has 0 saturated carbocycles. The van der Waals surface area contributed by atoms with E-state index in [2.05, 4.69) is 15.0 Å².